The Morgan fingerprint density at radius 3 is 2.86 bits per heavy atom. The van der Waals surface area contributed by atoms with Crippen LogP contribution in [-0.2, 0) is 23.5 Å². The molecule has 0 unspecified atom stereocenters. The molecule has 2 rings (SSSR count). The van der Waals surface area contributed by atoms with Gasteiger partial charge in [-0.2, -0.15) is 5.26 Å². The highest BCUT2D eigenvalue weighted by Gasteiger charge is 2.16. The number of sulfonamides is 1. The van der Waals surface area contributed by atoms with Gasteiger partial charge in [-0.3, -0.25) is 0 Å². The molecule has 1 aromatic heterocycles. The van der Waals surface area contributed by atoms with Gasteiger partial charge in [-0.25, -0.2) is 22.5 Å². The lowest BCUT2D eigenvalue weighted by molar-refractivity contribution is 0.579. The molecule has 0 atom stereocenters. The van der Waals surface area contributed by atoms with E-state index in [0.717, 1.165) is 24.0 Å². The molecule has 8 heteroatoms. The van der Waals surface area contributed by atoms with Crippen LogP contribution < -0.4 is 4.72 Å². The van der Waals surface area contributed by atoms with Crippen molar-refractivity contribution in [3.8, 4) is 6.07 Å². The molecule has 21 heavy (non-hydrogen) atoms. The van der Waals surface area contributed by atoms with Gasteiger partial charge in [0.25, 0.3) is 0 Å². The fraction of sp³-hybridized carbons (Fsp3) is 0.231. The number of aromatic nitrogens is 2. The standard InChI is InChI=1S/C13H13FN4O2S/c1-18-7-6-16-13(18)4-5-17-21(19,20)11-2-3-12(14)10(8-11)9-15/h2-3,6-8,17H,4-5H2,1H3. The molecular weight excluding hydrogens is 295 g/mol. The van der Waals surface area contributed by atoms with Crippen LogP contribution in [0.1, 0.15) is 11.4 Å². The van der Waals surface area contributed by atoms with Gasteiger partial charge in [-0.05, 0) is 18.2 Å². The highest BCUT2D eigenvalue weighted by molar-refractivity contribution is 7.89. The predicted octanol–water partition coefficient (Wildman–Crippen LogP) is 0.952. The lowest BCUT2D eigenvalue weighted by Crippen LogP contribution is -2.26. The zero-order valence-electron chi connectivity index (χ0n) is 11.2. The quantitative estimate of drug-likeness (QED) is 0.891. The summed E-state index contributed by atoms with van der Waals surface area (Å²) >= 11 is 0. The molecular formula is C13H13FN4O2S. The third-order valence-electron chi connectivity index (χ3n) is 2.93. The van der Waals surface area contributed by atoms with Crippen LogP contribution in [0.25, 0.3) is 0 Å². The van der Waals surface area contributed by atoms with Crippen molar-refractivity contribution in [3.63, 3.8) is 0 Å². The summed E-state index contributed by atoms with van der Waals surface area (Å²) < 4.78 is 41.5. The van der Waals surface area contributed by atoms with E-state index in [1.807, 2.05) is 7.05 Å². The normalized spacial score (nSPS) is 11.3. The number of imidazole rings is 1. The summed E-state index contributed by atoms with van der Waals surface area (Å²) in [5, 5.41) is 8.72. The largest absolute Gasteiger partial charge is 0.338 e. The third kappa shape index (κ3) is 3.45. The van der Waals surface area contributed by atoms with E-state index in [1.54, 1.807) is 23.0 Å². The number of nitrogens with zero attached hydrogens (tertiary/aromatic N) is 3. The molecule has 0 aliphatic heterocycles. The average Bonchev–Trinajstić information content (AvgIpc) is 2.84. The van der Waals surface area contributed by atoms with Gasteiger partial charge in [0.05, 0.1) is 10.5 Å². The summed E-state index contributed by atoms with van der Waals surface area (Å²) in [5.74, 6) is -0.000944. The number of nitriles is 1. The van der Waals surface area contributed by atoms with Crippen molar-refractivity contribution in [3.05, 3.63) is 47.8 Å². The number of rotatable bonds is 5. The number of nitrogens with one attached hydrogen (secondary N) is 1. The summed E-state index contributed by atoms with van der Waals surface area (Å²) in [7, 11) is -1.97. The van der Waals surface area contributed by atoms with Gasteiger partial charge < -0.3 is 4.57 Å². The van der Waals surface area contributed by atoms with Crippen LogP contribution in [0, 0.1) is 17.1 Å². The van der Waals surface area contributed by atoms with E-state index in [0.29, 0.717) is 6.42 Å². The molecule has 1 N–H and O–H groups in total. The molecule has 0 radical (unpaired) electrons. The molecule has 0 spiro atoms. The second-order valence-corrected chi connectivity index (χ2v) is 6.12. The number of benzene rings is 1. The second kappa shape index (κ2) is 6.03. The molecule has 0 amide bonds. The summed E-state index contributed by atoms with van der Waals surface area (Å²) in [5.41, 5.74) is -0.304. The van der Waals surface area contributed by atoms with E-state index in [-0.39, 0.29) is 17.0 Å². The van der Waals surface area contributed by atoms with Crippen molar-refractivity contribution < 1.29 is 12.8 Å². The van der Waals surface area contributed by atoms with E-state index in [4.69, 9.17) is 5.26 Å². The first-order chi connectivity index (χ1) is 9.94. The van der Waals surface area contributed by atoms with Gasteiger partial charge in [-0.15, -0.1) is 0 Å². The van der Waals surface area contributed by atoms with Gasteiger partial charge in [0.1, 0.15) is 17.7 Å². The van der Waals surface area contributed by atoms with Crippen LogP contribution >= 0.6 is 0 Å². The first kappa shape index (κ1) is 15.2. The minimum absolute atomic E-state index is 0.139. The highest BCUT2D eigenvalue weighted by Crippen LogP contribution is 2.14. The molecule has 0 aliphatic rings. The number of hydrogen-bond acceptors (Lipinski definition) is 4. The van der Waals surface area contributed by atoms with E-state index < -0.39 is 15.8 Å². The molecule has 0 aliphatic carbocycles. The molecule has 0 saturated heterocycles. The van der Waals surface area contributed by atoms with Crippen LogP contribution in [0.4, 0.5) is 4.39 Å². The van der Waals surface area contributed by atoms with E-state index >= 15 is 0 Å². The Morgan fingerprint density at radius 2 is 2.24 bits per heavy atom. The van der Waals surface area contributed by atoms with Gasteiger partial charge in [0.15, 0.2) is 0 Å². The monoisotopic (exact) mass is 308 g/mol. The van der Waals surface area contributed by atoms with Gasteiger partial charge in [0.2, 0.25) is 10.0 Å². The Kier molecular flexibility index (Phi) is 4.35. The Labute approximate surface area is 121 Å². The number of hydrogen-bond donors (Lipinski definition) is 1. The maximum Gasteiger partial charge on any atom is 0.240 e. The predicted molar refractivity (Wildman–Crippen MR) is 73.2 cm³/mol. The number of aryl methyl sites for hydroxylation is 1. The zero-order valence-corrected chi connectivity index (χ0v) is 12.1. The van der Waals surface area contributed by atoms with Crippen molar-refractivity contribution in [2.75, 3.05) is 6.54 Å². The molecule has 2 aromatic rings. The molecule has 110 valence electrons. The molecule has 6 nitrogen and oxygen atoms in total. The Morgan fingerprint density at radius 1 is 1.48 bits per heavy atom. The summed E-state index contributed by atoms with van der Waals surface area (Å²) in [6, 6.07) is 4.71. The number of halogens is 1. The second-order valence-electron chi connectivity index (χ2n) is 4.36. The molecule has 0 bridgehead atoms. The van der Waals surface area contributed by atoms with Crippen LogP contribution in [0.2, 0.25) is 0 Å². The van der Waals surface area contributed by atoms with Crippen LogP contribution in [0.3, 0.4) is 0 Å². The van der Waals surface area contributed by atoms with Crippen molar-refractivity contribution in [1.29, 1.82) is 5.26 Å². The van der Waals surface area contributed by atoms with Crippen LogP contribution in [0.15, 0.2) is 35.5 Å². The molecule has 0 fully saturated rings. The summed E-state index contributed by atoms with van der Waals surface area (Å²) in [4.78, 5) is 3.94. The SMILES string of the molecule is Cn1ccnc1CCNS(=O)(=O)c1ccc(F)c(C#N)c1. The van der Waals surface area contributed by atoms with Crippen molar-refractivity contribution in [2.24, 2.45) is 7.05 Å². The molecule has 0 saturated carbocycles. The first-order valence-corrected chi connectivity index (χ1v) is 7.58. The summed E-state index contributed by atoms with van der Waals surface area (Å²) in [6.45, 7) is 0.159. The maximum atomic E-state index is 13.2. The van der Waals surface area contributed by atoms with Crippen molar-refractivity contribution >= 4 is 10.0 Å². The highest BCUT2D eigenvalue weighted by atomic mass is 32.2. The van der Waals surface area contributed by atoms with Gasteiger partial charge >= 0.3 is 0 Å². The maximum absolute atomic E-state index is 13.2. The first-order valence-electron chi connectivity index (χ1n) is 6.09. The molecule has 1 heterocycles. The van der Waals surface area contributed by atoms with E-state index in [1.165, 1.54) is 0 Å². The fourth-order valence-electron chi connectivity index (χ4n) is 1.78. The lowest BCUT2D eigenvalue weighted by atomic mass is 10.2. The van der Waals surface area contributed by atoms with Crippen molar-refractivity contribution in [1.82, 2.24) is 14.3 Å². The average molecular weight is 308 g/mol. The van der Waals surface area contributed by atoms with Gasteiger partial charge in [-0.1, -0.05) is 0 Å². The Balaban J connectivity index is 2.09. The van der Waals surface area contributed by atoms with E-state index in [2.05, 4.69) is 9.71 Å². The zero-order chi connectivity index (χ0) is 15.5. The minimum atomic E-state index is -3.78. The van der Waals surface area contributed by atoms with Gasteiger partial charge in [0, 0.05) is 32.4 Å². The Bertz CT molecular complexity index is 793. The van der Waals surface area contributed by atoms with Crippen LogP contribution in [0.5, 0.6) is 0 Å². The Hall–Kier alpha value is -2.24. The smallest absolute Gasteiger partial charge is 0.240 e. The van der Waals surface area contributed by atoms with E-state index in [9.17, 15) is 12.8 Å². The van der Waals surface area contributed by atoms with Crippen molar-refractivity contribution in [2.45, 2.75) is 11.3 Å². The summed E-state index contributed by atoms with van der Waals surface area (Å²) in [6.07, 6.45) is 3.82. The van der Waals surface area contributed by atoms with Crippen LogP contribution in [-0.4, -0.2) is 24.5 Å². The minimum Gasteiger partial charge on any atom is -0.338 e. The lowest BCUT2D eigenvalue weighted by Gasteiger charge is -2.07. The molecule has 1 aromatic carbocycles. The fourth-order valence-corrected chi connectivity index (χ4v) is 2.83. The topological polar surface area (TPSA) is 87.8 Å². The third-order valence-corrected chi connectivity index (χ3v) is 4.39.